The molecule has 1 aromatic heterocycles. The van der Waals surface area contributed by atoms with Crippen molar-refractivity contribution >= 4 is 39.1 Å². The predicted molar refractivity (Wildman–Crippen MR) is 77.3 cm³/mol. The number of pyridine rings is 1. The first-order valence-corrected chi connectivity index (χ1v) is 7.87. The topological polar surface area (TPSA) is 88.2 Å². The van der Waals surface area contributed by atoms with E-state index in [1.54, 1.807) is 20.8 Å². The molecule has 0 saturated carbocycles. The molecular weight excluding hydrogens is 325 g/mol. The highest BCUT2D eigenvalue weighted by atomic mass is 35.5. The van der Waals surface area contributed by atoms with E-state index in [1.807, 2.05) is 0 Å². The van der Waals surface area contributed by atoms with Gasteiger partial charge >= 0.3 is 0 Å². The highest BCUT2D eigenvalue weighted by Gasteiger charge is 2.19. The summed E-state index contributed by atoms with van der Waals surface area (Å²) >= 11 is 11.3. The maximum Gasteiger partial charge on any atom is 0.242 e. The minimum atomic E-state index is -3.87. The Morgan fingerprint density at radius 3 is 2.45 bits per heavy atom. The van der Waals surface area contributed by atoms with Crippen molar-refractivity contribution in [1.29, 1.82) is 0 Å². The van der Waals surface area contributed by atoms with E-state index in [2.05, 4.69) is 15.0 Å². The van der Waals surface area contributed by atoms with Crippen LogP contribution in [0.15, 0.2) is 17.2 Å². The van der Waals surface area contributed by atoms with Crippen LogP contribution in [0.5, 0.6) is 0 Å². The number of carbonyl (C=O) groups is 1. The van der Waals surface area contributed by atoms with Crippen molar-refractivity contribution in [1.82, 2.24) is 15.0 Å². The van der Waals surface area contributed by atoms with E-state index in [0.29, 0.717) is 0 Å². The lowest BCUT2D eigenvalue weighted by Crippen LogP contribution is -2.45. The van der Waals surface area contributed by atoms with Crippen LogP contribution < -0.4 is 10.0 Å². The van der Waals surface area contributed by atoms with Crippen LogP contribution in [0.3, 0.4) is 0 Å². The second-order valence-electron chi connectivity index (χ2n) is 5.07. The first-order valence-electron chi connectivity index (χ1n) is 5.63. The number of sulfonamides is 1. The summed E-state index contributed by atoms with van der Waals surface area (Å²) in [6, 6.07) is 1.17. The maximum absolute atomic E-state index is 11.9. The van der Waals surface area contributed by atoms with E-state index in [4.69, 9.17) is 23.2 Å². The van der Waals surface area contributed by atoms with Crippen LogP contribution in [0.25, 0.3) is 0 Å². The number of carbonyl (C=O) groups excluding carboxylic acids is 1. The summed E-state index contributed by atoms with van der Waals surface area (Å²) in [5.74, 6) is -0.436. The Hall–Kier alpha value is -0.890. The lowest BCUT2D eigenvalue weighted by atomic mass is 10.1. The normalized spacial score (nSPS) is 12.2. The van der Waals surface area contributed by atoms with Gasteiger partial charge in [-0.3, -0.25) is 4.79 Å². The monoisotopic (exact) mass is 339 g/mol. The molecule has 0 aliphatic rings. The molecule has 0 aliphatic carbocycles. The van der Waals surface area contributed by atoms with Gasteiger partial charge in [-0.05, 0) is 26.8 Å². The molecule has 6 nitrogen and oxygen atoms in total. The van der Waals surface area contributed by atoms with Gasteiger partial charge < -0.3 is 5.32 Å². The summed E-state index contributed by atoms with van der Waals surface area (Å²) in [6.07, 6.45) is 1.07. The van der Waals surface area contributed by atoms with Crippen molar-refractivity contribution in [2.24, 2.45) is 0 Å². The third-order valence-electron chi connectivity index (χ3n) is 2.02. The van der Waals surface area contributed by atoms with Crippen LogP contribution >= 0.6 is 23.2 Å². The van der Waals surface area contributed by atoms with Crippen LogP contribution in [-0.2, 0) is 14.8 Å². The molecule has 0 bridgehead atoms. The number of nitrogens with zero attached hydrogens (tertiary/aromatic N) is 1. The Morgan fingerprint density at radius 2 is 1.95 bits per heavy atom. The third kappa shape index (κ3) is 5.24. The van der Waals surface area contributed by atoms with Crippen molar-refractivity contribution in [3.8, 4) is 0 Å². The molecule has 0 unspecified atom stereocenters. The zero-order valence-corrected chi connectivity index (χ0v) is 13.5. The molecule has 0 spiro atoms. The number of hydrogen-bond donors (Lipinski definition) is 2. The molecule has 1 rings (SSSR count). The average molecular weight is 340 g/mol. The predicted octanol–water partition coefficient (Wildman–Crippen LogP) is 1.58. The molecule has 1 heterocycles. The number of halogens is 2. The lowest BCUT2D eigenvalue weighted by molar-refractivity contribution is -0.121. The Morgan fingerprint density at radius 1 is 1.35 bits per heavy atom. The maximum atomic E-state index is 11.9. The van der Waals surface area contributed by atoms with E-state index in [0.717, 1.165) is 6.20 Å². The van der Waals surface area contributed by atoms with Gasteiger partial charge in [0.05, 0.1) is 11.6 Å². The summed E-state index contributed by atoms with van der Waals surface area (Å²) in [5, 5.41) is 2.67. The molecule has 0 radical (unpaired) electrons. The Balaban J connectivity index is 2.76. The molecule has 1 amide bonds. The highest BCUT2D eigenvalue weighted by Crippen LogP contribution is 2.21. The van der Waals surface area contributed by atoms with Gasteiger partial charge in [0.25, 0.3) is 0 Å². The van der Waals surface area contributed by atoms with Crippen LogP contribution in [-0.4, -0.2) is 31.4 Å². The van der Waals surface area contributed by atoms with Gasteiger partial charge in [0, 0.05) is 11.7 Å². The molecule has 0 atom stereocenters. The van der Waals surface area contributed by atoms with Crippen molar-refractivity contribution in [3.63, 3.8) is 0 Å². The van der Waals surface area contributed by atoms with E-state index in [9.17, 15) is 13.2 Å². The quantitative estimate of drug-likeness (QED) is 0.815. The summed E-state index contributed by atoms with van der Waals surface area (Å²) in [4.78, 5) is 15.0. The molecule has 0 aromatic carbocycles. The average Bonchev–Trinajstić information content (AvgIpc) is 2.28. The Labute approximate surface area is 127 Å². The Bertz CT molecular complexity index is 612. The number of nitrogens with one attached hydrogen (secondary N) is 2. The lowest BCUT2D eigenvalue weighted by Gasteiger charge is -2.20. The van der Waals surface area contributed by atoms with E-state index >= 15 is 0 Å². The minimum absolute atomic E-state index is 0.0103. The molecule has 0 saturated heterocycles. The van der Waals surface area contributed by atoms with Gasteiger partial charge in [-0.15, -0.1) is 0 Å². The summed E-state index contributed by atoms with van der Waals surface area (Å²) in [5.41, 5.74) is -0.437. The van der Waals surface area contributed by atoms with E-state index in [-0.39, 0.29) is 21.6 Å². The van der Waals surface area contributed by atoms with Crippen LogP contribution in [0.4, 0.5) is 0 Å². The van der Waals surface area contributed by atoms with Crippen molar-refractivity contribution in [2.45, 2.75) is 31.2 Å². The molecule has 9 heteroatoms. The summed E-state index contributed by atoms with van der Waals surface area (Å²) < 4.78 is 26.0. The second kappa shape index (κ2) is 6.26. The van der Waals surface area contributed by atoms with Gasteiger partial charge in [-0.2, -0.15) is 0 Å². The van der Waals surface area contributed by atoms with Crippen LogP contribution in [0.1, 0.15) is 20.8 Å². The largest absolute Gasteiger partial charge is 0.350 e. The van der Waals surface area contributed by atoms with E-state index < -0.39 is 21.5 Å². The zero-order valence-electron chi connectivity index (χ0n) is 11.2. The summed E-state index contributed by atoms with van der Waals surface area (Å²) in [6.45, 7) is 5.01. The van der Waals surface area contributed by atoms with Gasteiger partial charge in [0.2, 0.25) is 15.9 Å². The van der Waals surface area contributed by atoms with Crippen molar-refractivity contribution in [2.75, 3.05) is 6.54 Å². The smallest absolute Gasteiger partial charge is 0.242 e. The fourth-order valence-electron chi connectivity index (χ4n) is 1.26. The molecule has 0 aliphatic heterocycles. The number of amides is 1. The van der Waals surface area contributed by atoms with Crippen molar-refractivity contribution in [3.05, 3.63) is 22.4 Å². The molecule has 112 valence electrons. The number of rotatable bonds is 4. The van der Waals surface area contributed by atoms with Crippen LogP contribution in [0.2, 0.25) is 10.2 Å². The summed E-state index contributed by atoms with van der Waals surface area (Å²) in [7, 11) is -3.87. The molecule has 1 aromatic rings. The van der Waals surface area contributed by atoms with Gasteiger partial charge in [-0.25, -0.2) is 18.1 Å². The first-order chi connectivity index (χ1) is 9.01. The van der Waals surface area contributed by atoms with Crippen molar-refractivity contribution < 1.29 is 13.2 Å². The number of aromatic nitrogens is 1. The molecular formula is C11H15Cl2N3O3S. The fraction of sp³-hybridized carbons (Fsp3) is 0.455. The SMILES string of the molecule is CC(C)(C)NC(=O)CNS(=O)(=O)c1cnc(Cl)c(Cl)c1. The molecule has 0 fully saturated rings. The second-order valence-corrected chi connectivity index (χ2v) is 7.60. The van der Waals surface area contributed by atoms with E-state index in [1.165, 1.54) is 6.07 Å². The Kier molecular flexibility index (Phi) is 5.37. The number of hydrogen-bond acceptors (Lipinski definition) is 4. The highest BCUT2D eigenvalue weighted by molar-refractivity contribution is 7.89. The minimum Gasteiger partial charge on any atom is -0.350 e. The first kappa shape index (κ1) is 17.2. The molecule has 2 N–H and O–H groups in total. The standard InChI is InChI=1S/C11H15Cl2N3O3S/c1-11(2,3)16-9(17)6-15-20(18,19)7-4-8(12)10(13)14-5-7/h4-5,15H,6H2,1-3H3,(H,16,17). The zero-order chi connectivity index (χ0) is 15.6. The third-order valence-corrected chi connectivity index (χ3v) is 4.07. The fourth-order valence-corrected chi connectivity index (χ4v) is 2.54. The van der Waals surface area contributed by atoms with Crippen LogP contribution in [0, 0.1) is 0 Å². The van der Waals surface area contributed by atoms with Gasteiger partial charge in [0.1, 0.15) is 10.0 Å². The molecule has 20 heavy (non-hydrogen) atoms. The van der Waals surface area contributed by atoms with Gasteiger partial charge in [-0.1, -0.05) is 23.2 Å². The van der Waals surface area contributed by atoms with Gasteiger partial charge in [0.15, 0.2) is 0 Å².